The van der Waals surface area contributed by atoms with E-state index in [9.17, 15) is 21.6 Å². The van der Waals surface area contributed by atoms with Gasteiger partial charge in [-0.15, -0.1) is 0 Å². The van der Waals surface area contributed by atoms with Crippen LogP contribution in [0.25, 0.3) is 0 Å². The molecule has 0 radical (unpaired) electrons. The lowest BCUT2D eigenvalue weighted by molar-refractivity contribution is -0.137. The zero-order valence-electron chi connectivity index (χ0n) is 13.6. The quantitative estimate of drug-likeness (QED) is 0.607. The van der Waals surface area contributed by atoms with E-state index in [-0.39, 0.29) is 18.0 Å². The Morgan fingerprint density at radius 3 is 2.12 bits per heavy atom. The largest absolute Gasteiger partial charge is 0.416 e. The highest BCUT2D eigenvalue weighted by Gasteiger charge is 2.32. The summed E-state index contributed by atoms with van der Waals surface area (Å²) < 4.78 is 66.3. The fourth-order valence-electron chi connectivity index (χ4n) is 2.82. The van der Waals surface area contributed by atoms with Crippen LogP contribution in [0.4, 0.5) is 18.9 Å². The van der Waals surface area contributed by atoms with E-state index < -0.39 is 21.8 Å². The van der Waals surface area contributed by atoms with Gasteiger partial charge in [0.15, 0.2) is 0 Å². The number of halogens is 4. The number of piperazine rings is 1. The Hall–Kier alpha value is -1.33. The molecule has 0 unspecified atom stereocenters. The number of alkyl halides is 3. The first-order valence-corrected chi connectivity index (χ1v) is 10.4. The average molecular weight is 496 g/mol. The molecule has 1 aliphatic heterocycles. The van der Waals surface area contributed by atoms with E-state index in [1.807, 2.05) is 0 Å². The molecule has 1 heterocycles. The van der Waals surface area contributed by atoms with Gasteiger partial charge < -0.3 is 4.90 Å². The normalized spacial score (nSPS) is 16.7. The Labute approximate surface area is 163 Å². The second kappa shape index (κ2) is 7.35. The molecule has 1 fully saturated rings. The lowest BCUT2D eigenvalue weighted by atomic mass is 10.1. The summed E-state index contributed by atoms with van der Waals surface area (Å²) in [6.45, 7) is 1.13. The molecular weight excluding hydrogens is 480 g/mol. The van der Waals surface area contributed by atoms with E-state index in [0.29, 0.717) is 18.8 Å². The number of hydrogen-bond acceptors (Lipinski definition) is 3. The van der Waals surface area contributed by atoms with Crippen molar-refractivity contribution in [2.75, 3.05) is 31.1 Å². The van der Waals surface area contributed by atoms with E-state index in [1.54, 1.807) is 35.2 Å². The lowest BCUT2D eigenvalue weighted by Crippen LogP contribution is -2.48. The Bertz CT molecular complexity index is 878. The molecule has 0 spiro atoms. The predicted octanol–water partition coefficient (Wildman–Crippen LogP) is 3.82. The highest BCUT2D eigenvalue weighted by molar-refractivity contribution is 14.1. The van der Waals surface area contributed by atoms with Crippen LogP contribution in [0.1, 0.15) is 5.56 Å². The molecule has 2 aromatic carbocycles. The monoisotopic (exact) mass is 496 g/mol. The van der Waals surface area contributed by atoms with Gasteiger partial charge in [0.1, 0.15) is 0 Å². The first-order valence-electron chi connectivity index (χ1n) is 7.86. The molecular formula is C17H16F3IN2O2S. The summed E-state index contributed by atoms with van der Waals surface area (Å²) in [5.74, 6) is 0. The summed E-state index contributed by atoms with van der Waals surface area (Å²) in [6.07, 6.45) is -4.40. The second-order valence-electron chi connectivity index (χ2n) is 5.89. The van der Waals surface area contributed by atoms with Crippen LogP contribution in [-0.4, -0.2) is 38.9 Å². The summed E-state index contributed by atoms with van der Waals surface area (Å²) in [5, 5.41) is 0. The van der Waals surface area contributed by atoms with Crippen molar-refractivity contribution in [1.29, 1.82) is 0 Å². The van der Waals surface area contributed by atoms with Crippen LogP contribution in [0.15, 0.2) is 53.4 Å². The minimum absolute atomic E-state index is 0.227. The van der Waals surface area contributed by atoms with Crippen molar-refractivity contribution in [3.05, 3.63) is 57.7 Å². The molecule has 26 heavy (non-hydrogen) atoms. The fourth-order valence-corrected chi connectivity index (χ4v) is 4.60. The van der Waals surface area contributed by atoms with E-state index in [2.05, 4.69) is 22.6 Å². The smallest absolute Gasteiger partial charge is 0.369 e. The molecule has 0 atom stereocenters. The molecule has 0 saturated carbocycles. The van der Waals surface area contributed by atoms with Crippen LogP contribution >= 0.6 is 22.6 Å². The Morgan fingerprint density at radius 2 is 1.54 bits per heavy atom. The van der Waals surface area contributed by atoms with Gasteiger partial charge in [0, 0.05) is 35.4 Å². The molecule has 1 aliphatic rings. The van der Waals surface area contributed by atoms with Gasteiger partial charge in [-0.25, -0.2) is 8.42 Å². The molecule has 140 valence electrons. The van der Waals surface area contributed by atoms with E-state index in [1.165, 1.54) is 10.4 Å². The van der Waals surface area contributed by atoms with Crippen molar-refractivity contribution in [2.45, 2.75) is 11.1 Å². The lowest BCUT2D eigenvalue weighted by Gasteiger charge is -2.35. The predicted molar refractivity (Wildman–Crippen MR) is 102 cm³/mol. The molecule has 0 N–H and O–H groups in total. The van der Waals surface area contributed by atoms with Gasteiger partial charge in [0.05, 0.1) is 10.5 Å². The van der Waals surface area contributed by atoms with Gasteiger partial charge in [-0.05, 0) is 65.1 Å². The van der Waals surface area contributed by atoms with Gasteiger partial charge in [-0.1, -0.05) is 6.07 Å². The van der Waals surface area contributed by atoms with Crippen LogP contribution < -0.4 is 4.90 Å². The average Bonchev–Trinajstić information content (AvgIpc) is 2.62. The third kappa shape index (κ3) is 4.15. The molecule has 0 amide bonds. The molecule has 4 nitrogen and oxygen atoms in total. The molecule has 3 rings (SSSR count). The van der Waals surface area contributed by atoms with Crippen molar-refractivity contribution in [1.82, 2.24) is 4.31 Å². The van der Waals surface area contributed by atoms with Crippen LogP contribution in [0.3, 0.4) is 0 Å². The zero-order valence-corrected chi connectivity index (χ0v) is 16.6. The Kier molecular flexibility index (Phi) is 5.50. The Balaban J connectivity index is 1.72. The van der Waals surface area contributed by atoms with Crippen LogP contribution in [-0.2, 0) is 16.2 Å². The summed E-state index contributed by atoms with van der Waals surface area (Å²) >= 11 is 2.10. The van der Waals surface area contributed by atoms with Crippen LogP contribution in [0.2, 0.25) is 0 Å². The van der Waals surface area contributed by atoms with Gasteiger partial charge in [-0.2, -0.15) is 17.5 Å². The molecule has 1 saturated heterocycles. The van der Waals surface area contributed by atoms with Crippen molar-refractivity contribution >= 4 is 38.3 Å². The van der Waals surface area contributed by atoms with Crippen LogP contribution in [0, 0.1) is 3.57 Å². The van der Waals surface area contributed by atoms with Crippen molar-refractivity contribution in [3.63, 3.8) is 0 Å². The first kappa shape index (κ1) is 19.4. The van der Waals surface area contributed by atoms with Gasteiger partial charge >= 0.3 is 6.18 Å². The maximum Gasteiger partial charge on any atom is 0.416 e. The minimum Gasteiger partial charge on any atom is -0.369 e. The number of benzene rings is 2. The molecule has 0 aromatic heterocycles. The first-order chi connectivity index (χ1) is 12.2. The molecule has 2 aromatic rings. The maximum atomic E-state index is 12.9. The minimum atomic E-state index is -4.40. The van der Waals surface area contributed by atoms with Crippen molar-refractivity contribution in [3.8, 4) is 0 Å². The fraction of sp³-hybridized carbons (Fsp3) is 0.294. The summed E-state index contributed by atoms with van der Waals surface area (Å²) in [5.41, 5.74) is -0.255. The number of nitrogens with zero attached hydrogens (tertiary/aromatic N) is 2. The Morgan fingerprint density at radius 1 is 0.923 bits per heavy atom. The number of rotatable bonds is 3. The zero-order chi connectivity index (χ0) is 18.9. The molecule has 0 aliphatic carbocycles. The maximum absolute atomic E-state index is 12.9. The van der Waals surface area contributed by atoms with Crippen molar-refractivity contribution < 1.29 is 21.6 Å². The number of sulfonamides is 1. The molecule has 0 bridgehead atoms. The van der Waals surface area contributed by atoms with E-state index >= 15 is 0 Å². The highest BCUT2D eigenvalue weighted by atomic mass is 127. The number of anilines is 1. The van der Waals surface area contributed by atoms with E-state index in [0.717, 1.165) is 15.7 Å². The standard InChI is InChI=1S/C17H16F3IN2O2S/c18-17(19,20)13-2-1-3-15(12-13)22-8-10-23(11-9-22)26(24,25)16-6-4-14(21)5-7-16/h1-7,12H,8-11H2. The summed E-state index contributed by atoms with van der Waals surface area (Å²) in [4.78, 5) is 2.00. The summed E-state index contributed by atoms with van der Waals surface area (Å²) in [6, 6.07) is 11.7. The number of hydrogen-bond donors (Lipinski definition) is 0. The SMILES string of the molecule is O=S(=O)(c1ccc(I)cc1)N1CCN(c2cccc(C(F)(F)F)c2)CC1. The highest BCUT2D eigenvalue weighted by Crippen LogP contribution is 2.32. The van der Waals surface area contributed by atoms with Gasteiger partial charge in [0.25, 0.3) is 0 Å². The van der Waals surface area contributed by atoms with E-state index in [4.69, 9.17) is 0 Å². The van der Waals surface area contributed by atoms with Gasteiger partial charge in [0.2, 0.25) is 10.0 Å². The second-order valence-corrected chi connectivity index (χ2v) is 9.08. The van der Waals surface area contributed by atoms with Crippen molar-refractivity contribution in [2.24, 2.45) is 0 Å². The third-order valence-electron chi connectivity index (χ3n) is 4.23. The third-order valence-corrected chi connectivity index (χ3v) is 6.86. The molecule has 9 heteroatoms. The van der Waals surface area contributed by atoms with Crippen LogP contribution in [0.5, 0.6) is 0 Å². The summed E-state index contributed by atoms with van der Waals surface area (Å²) in [7, 11) is -3.59. The van der Waals surface area contributed by atoms with Gasteiger partial charge in [-0.3, -0.25) is 0 Å². The topological polar surface area (TPSA) is 40.6 Å².